The molecular weight excluding hydrogens is 442 g/mol. The van der Waals surface area contributed by atoms with Crippen LogP contribution in [0.25, 0.3) is 0 Å². The fourth-order valence-corrected chi connectivity index (χ4v) is 3.43. The van der Waals surface area contributed by atoms with Gasteiger partial charge in [0.05, 0.1) is 6.61 Å². The van der Waals surface area contributed by atoms with E-state index in [4.69, 9.17) is 4.74 Å². The van der Waals surface area contributed by atoms with Gasteiger partial charge in [0.15, 0.2) is 0 Å². The van der Waals surface area contributed by atoms with Gasteiger partial charge in [-0.3, -0.25) is 0 Å². The maximum atomic E-state index is 14.5. The summed E-state index contributed by atoms with van der Waals surface area (Å²) in [5.41, 5.74) is -1.77. The Morgan fingerprint density at radius 1 is 1.27 bits per heavy atom. The number of ether oxygens (including phenoxy) is 1. The van der Waals surface area contributed by atoms with E-state index < -0.39 is 53.0 Å². The summed E-state index contributed by atoms with van der Waals surface area (Å²) in [5, 5.41) is 9.63. The fraction of sp³-hybridized carbons (Fsp3) is 0.625. The second-order valence-corrected chi connectivity index (χ2v) is 9.79. The smallest absolute Gasteiger partial charge is 0.411 e. The average Bonchev–Trinajstić information content (AvgIpc) is 2.48. The van der Waals surface area contributed by atoms with Crippen LogP contribution in [-0.4, -0.2) is 39.9 Å². The van der Waals surface area contributed by atoms with E-state index in [-0.39, 0.29) is 5.56 Å². The topological polar surface area (TPSA) is 64.5 Å². The predicted molar refractivity (Wildman–Crippen MR) is 95.4 cm³/mol. The molecule has 0 spiro atoms. The minimum absolute atomic E-state index is 0.0781. The Hall–Kier alpha value is -0.390. The van der Waals surface area contributed by atoms with E-state index in [1.54, 1.807) is 20.8 Å². The van der Waals surface area contributed by atoms with Gasteiger partial charge in [-0.25, -0.2) is 4.39 Å². The molecule has 2 N–H and O–H groups in total. The van der Waals surface area contributed by atoms with Crippen molar-refractivity contribution >= 4 is 27.3 Å². The van der Waals surface area contributed by atoms with Gasteiger partial charge in [0, 0.05) is 21.4 Å². The van der Waals surface area contributed by atoms with Crippen molar-refractivity contribution < 1.29 is 32.0 Å². The number of aliphatic hydroxyl groups is 1. The van der Waals surface area contributed by atoms with Gasteiger partial charge in [-0.05, 0) is 45.9 Å². The van der Waals surface area contributed by atoms with Crippen molar-refractivity contribution in [3.63, 3.8) is 0 Å². The van der Waals surface area contributed by atoms with Crippen molar-refractivity contribution in [2.24, 2.45) is 0 Å². The summed E-state index contributed by atoms with van der Waals surface area (Å²) in [4.78, 5) is 0. The first-order valence-electron chi connectivity index (χ1n) is 7.65. The van der Waals surface area contributed by atoms with Crippen LogP contribution in [0.3, 0.4) is 0 Å². The Morgan fingerprint density at radius 3 is 2.31 bits per heavy atom. The van der Waals surface area contributed by atoms with Crippen LogP contribution >= 0.6 is 15.9 Å². The van der Waals surface area contributed by atoms with Gasteiger partial charge in [-0.15, -0.1) is 4.72 Å². The van der Waals surface area contributed by atoms with Crippen molar-refractivity contribution in [3.05, 3.63) is 34.1 Å². The lowest BCUT2D eigenvalue weighted by atomic mass is 9.87. The molecule has 0 aromatic heterocycles. The fourth-order valence-electron chi connectivity index (χ4n) is 2.13. The van der Waals surface area contributed by atoms with Gasteiger partial charge in [0.25, 0.3) is 0 Å². The number of rotatable bonds is 7. The second kappa shape index (κ2) is 8.74. The lowest BCUT2D eigenvalue weighted by Crippen LogP contribution is -2.58. The van der Waals surface area contributed by atoms with Gasteiger partial charge in [0.2, 0.25) is 0 Å². The summed E-state index contributed by atoms with van der Waals surface area (Å²) >= 11 is 1.41. The van der Waals surface area contributed by atoms with Crippen LogP contribution in [-0.2, 0) is 21.6 Å². The Kier molecular flexibility index (Phi) is 7.95. The van der Waals surface area contributed by atoms with Gasteiger partial charge >= 0.3 is 6.18 Å². The maximum Gasteiger partial charge on any atom is 0.411 e. The van der Waals surface area contributed by atoms with Crippen LogP contribution in [0.4, 0.5) is 17.6 Å². The Bertz CT molecular complexity index is 612. The SMILES string of the molecule is CC(C)(C)[S+]([O-])N[C@](C)(c1cc(Br)ccc1F)[C@H](CO)OCC(F)(F)F. The highest BCUT2D eigenvalue weighted by atomic mass is 79.9. The summed E-state index contributed by atoms with van der Waals surface area (Å²) < 4.78 is 71.9. The quantitative estimate of drug-likeness (QED) is 0.476. The molecule has 0 aliphatic carbocycles. The summed E-state index contributed by atoms with van der Waals surface area (Å²) in [5.74, 6) is -0.733. The van der Waals surface area contributed by atoms with Crippen molar-refractivity contribution in [2.45, 2.75) is 50.3 Å². The molecule has 10 heteroatoms. The van der Waals surface area contributed by atoms with Crippen LogP contribution in [0.15, 0.2) is 22.7 Å². The highest BCUT2D eigenvalue weighted by Gasteiger charge is 2.46. The van der Waals surface area contributed by atoms with E-state index in [2.05, 4.69) is 20.7 Å². The van der Waals surface area contributed by atoms with Crippen LogP contribution in [0, 0.1) is 5.82 Å². The molecule has 0 heterocycles. The molecule has 4 nitrogen and oxygen atoms in total. The lowest BCUT2D eigenvalue weighted by molar-refractivity contribution is -0.196. The number of hydrogen-bond acceptors (Lipinski definition) is 4. The molecule has 0 fully saturated rings. The van der Waals surface area contributed by atoms with E-state index in [9.17, 15) is 27.2 Å². The highest BCUT2D eigenvalue weighted by molar-refractivity contribution is 9.10. The molecule has 150 valence electrons. The summed E-state index contributed by atoms with van der Waals surface area (Å²) in [6.45, 7) is 3.83. The van der Waals surface area contributed by atoms with E-state index in [0.717, 1.165) is 6.07 Å². The number of alkyl halides is 3. The minimum atomic E-state index is -4.63. The van der Waals surface area contributed by atoms with Crippen molar-refractivity contribution in [2.75, 3.05) is 13.2 Å². The molecular formula is C16H22BrF4NO3S. The summed E-state index contributed by atoms with van der Waals surface area (Å²) in [7, 11) is 0. The molecule has 1 unspecified atom stereocenters. The highest BCUT2D eigenvalue weighted by Crippen LogP contribution is 2.34. The molecule has 0 radical (unpaired) electrons. The molecule has 0 saturated heterocycles. The zero-order valence-corrected chi connectivity index (χ0v) is 17.2. The molecule has 1 aromatic rings. The Balaban J connectivity index is 3.37. The van der Waals surface area contributed by atoms with Gasteiger partial charge in [-0.1, -0.05) is 15.9 Å². The molecule has 0 amide bonds. The molecule has 26 heavy (non-hydrogen) atoms. The molecule has 0 aliphatic heterocycles. The van der Waals surface area contributed by atoms with Gasteiger partial charge in [-0.2, -0.15) is 13.2 Å². The van der Waals surface area contributed by atoms with Crippen molar-refractivity contribution in [1.29, 1.82) is 0 Å². The number of hydrogen-bond donors (Lipinski definition) is 2. The first-order valence-corrected chi connectivity index (χ1v) is 9.59. The summed E-state index contributed by atoms with van der Waals surface area (Å²) in [6.07, 6.45) is -6.13. The van der Waals surface area contributed by atoms with E-state index >= 15 is 0 Å². The molecule has 0 bridgehead atoms. The van der Waals surface area contributed by atoms with E-state index in [0.29, 0.717) is 4.47 Å². The maximum absolute atomic E-state index is 14.5. The van der Waals surface area contributed by atoms with Crippen LogP contribution in [0.5, 0.6) is 0 Å². The molecule has 0 aliphatic rings. The zero-order valence-electron chi connectivity index (χ0n) is 14.8. The summed E-state index contributed by atoms with van der Waals surface area (Å²) in [6, 6.07) is 3.89. The first kappa shape index (κ1) is 23.6. The predicted octanol–water partition coefficient (Wildman–Crippen LogP) is 3.80. The number of nitrogens with one attached hydrogen (secondary N) is 1. The van der Waals surface area contributed by atoms with Crippen LogP contribution < -0.4 is 4.72 Å². The third-order valence-corrected chi connectivity index (χ3v) is 5.82. The molecule has 1 rings (SSSR count). The normalized spacial score (nSPS) is 17.7. The third kappa shape index (κ3) is 6.35. The average molecular weight is 464 g/mol. The molecule has 0 saturated carbocycles. The molecule has 1 aromatic carbocycles. The Morgan fingerprint density at radius 2 is 1.85 bits per heavy atom. The lowest BCUT2D eigenvalue weighted by Gasteiger charge is -2.39. The van der Waals surface area contributed by atoms with Crippen LogP contribution in [0.2, 0.25) is 0 Å². The van der Waals surface area contributed by atoms with Crippen molar-refractivity contribution in [3.8, 4) is 0 Å². The van der Waals surface area contributed by atoms with Crippen molar-refractivity contribution in [1.82, 2.24) is 4.72 Å². The zero-order chi connectivity index (χ0) is 20.3. The Labute approximate surface area is 161 Å². The first-order chi connectivity index (χ1) is 11.7. The largest absolute Gasteiger partial charge is 0.598 e. The van der Waals surface area contributed by atoms with Gasteiger partial charge in [0.1, 0.15) is 28.8 Å². The minimum Gasteiger partial charge on any atom is -0.598 e. The number of benzene rings is 1. The number of aliphatic hydroxyl groups excluding tert-OH is 1. The van der Waals surface area contributed by atoms with E-state index in [1.165, 1.54) is 19.1 Å². The van der Waals surface area contributed by atoms with Gasteiger partial charge < -0.3 is 14.4 Å². The molecule has 3 atom stereocenters. The van der Waals surface area contributed by atoms with Crippen LogP contribution in [0.1, 0.15) is 33.3 Å². The van der Waals surface area contributed by atoms with E-state index in [1.807, 2.05) is 0 Å². The standard InChI is InChI=1S/C16H22BrF4NO3S/c1-14(2,3)26(24)22-15(4,11-7-10(17)5-6-12(11)18)13(8-23)25-9-16(19,20)21/h5-7,13,22-23H,8-9H2,1-4H3/t13-,15+,26?/m0/s1. The monoisotopic (exact) mass is 463 g/mol. The number of halogens is 5. The third-order valence-electron chi connectivity index (χ3n) is 3.61. The second-order valence-electron chi connectivity index (χ2n) is 6.91.